The van der Waals surface area contributed by atoms with Gasteiger partial charge in [-0.25, -0.2) is 0 Å². The highest BCUT2D eigenvalue weighted by molar-refractivity contribution is 6.02. The highest BCUT2D eigenvalue weighted by Gasteiger charge is 2.88. The van der Waals surface area contributed by atoms with Crippen molar-refractivity contribution in [3.63, 3.8) is 0 Å². The predicted octanol–water partition coefficient (Wildman–Crippen LogP) is 3.21. The Balaban J connectivity index is 2.13. The van der Waals surface area contributed by atoms with Crippen molar-refractivity contribution >= 4 is 12.1 Å². The first kappa shape index (κ1) is 29.2. The summed E-state index contributed by atoms with van der Waals surface area (Å²) in [4.78, 5) is 25.4. The standard InChI is InChI=1S/C27H44O9/c1-6-8-14-33-16-35-23-18(3)10-11-25(36-17-34-15-9-7-2)24(5,12-13-28)22-21(30)20(29)19(4)26(22,31)27(23,25)32/h13,18,22-23,29,31-32H,6-12,14-17H2,1-5H3/t18?,22-,23?,24?,25?,26?,27?/m1/s1. The number of aldehydes is 1. The molecule has 0 aromatic heterocycles. The molecule has 6 unspecified atom stereocenters. The summed E-state index contributed by atoms with van der Waals surface area (Å²) in [5.74, 6) is -2.83. The number of Topliss-reactive ketones (excluding diaryl/α,β-unsaturated/α-hetero) is 1. The van der Waals surface area contributed by atoms with E-state index in [4.69, 9.17) is 18.9 Å². The lowest BCUT2D eigenvalue weighted by molar-refractivity contribution is -0.330. The third kappa shape index (κ3) is 3.98. The molecule has 2 saturated carbocycles. The fourth-order valence-corrected chi connectivity index (χ4v) is 7.02. The quantitative estimate of drug-likeness (QED) is 0.182. The van der Waals surface area contributed by atoms with Crippen molar-refractivity contribution in [3.05, 3.63) is 11.3 Å². The Morgan fingerprint density at radius 2 is 1.69 bits per heavy atom. The summed E-state index contributed by atoms with van der Waals surface area (Å²) in [5, 5.41) is 35.8. The molecule has 206 valence electrons. The second kappa shape index (κ2) is 11.2. The number of hydrogen-bond donors (Lipinski definition) is 3. The van der Waals surface area contributed by atoms with E-state index in [9.17, 15) is 24.9 Å². The van der Waals surface area contributed by atoms with Crippen LogP contribution in [-0.2, 0) is 28.5 Å². The topological polar surface area (TPSA) is 132 Å². The summed E-state index contributed by atoms with van der Waals surface area (Å²) < 4.78 is 23.9. The average molecular weight is 513 g/mol. The van der Waals surface area contributed by atoms with Gasteiger partial charge in [0, 0.05) is 30.6 Å². The number of carbonyl (C=O) groups is 2. The third-order valence-corrected chi connectivity index (χ3v) is 8.99. The number of rotatable bonds is 14. The number of ether oxygens (including phenoxy) is 4. The molecule has 2 fully saturated rings. The summed E-state index contributed by atoms with van der Waals surface area (Å²) in [5.41, 5.74) is -7.33. The van der Waals surface area contributed by atoms with Crippen LogP contribution in [0.2, 0.25) is 0 Å². The zero-order valence-electron chi connectivity index (χ0n) is 22.4. The normalized spacial score (nSPS) is 40.0. The van der Waals surface area contributed by atoms with Gasteiger partial charge in [0.2, 0.25) is 5.78 Å². The molecule has 3 rings (SSSR count). The van der Waals surface area contributed by atoms with Crippen molar-refractivity contribution in [2.24, 2.45) is 17.3 Å². The SMILES string of the molecule is CCCCOCOC1C(C)CCC2(OCOCCCC)C(C)(CC=O)[C@H]3C(=O)C(O)=C(C)C3(O)C12O. The van der Waals surface area contributed by atoms with Gasteiger partial charge in [-0.1, -0.05) is 40.5 Å². The second-order valence-corrected chi connectivity index (χ2v) is 10.9. The summed E-state index contributed by atoms with van der Waals surface area (Å²) in [6, 6.07) is 0. The smallest absolute Gasteiger partial charge is 0.204 e. The van der Waals surface area contributed by atoms with Crippen LogP contribution in [0.15, 0.2) is 11.3 Å². The highest BCUT2D eigenvalue weighted by Crippen LogP contribution is 2.72. The van der Waals surface area contributed by atoms with Crippen LogP contribution in [0, 0.1) is 17.3 Å². The van der Waals surface area contributed by atoms with Gasteiger partial charge in [-0.15, -0.1) is 0 Å². The average Bonchev–Trinajstić information content (AvgIpc) is 3.10. The number of carbonyl (C=O) groups excluding carboxylic acids is 2. The van der Waals surface area contributed by atoms with E-state index < -0.39 is 45.8 Å². The van der Waals surface area contributed by atoms with E-state index in [1.807, 2.05) is 20.8 Å². The Morgan fingerprint density at radius 1 is 1.08 bits per heavy atom. The Labute approximate surface area is 214 Å². The van der Waals surface area contributed by atoms with Crippen molar-refractivity contribution in [1.82, 2.24) is 0 Å². The van der Waals surface area contributed by atoms with Crippen LogP contribution in [-0.4, -0.2) is 77.1 Å². The lowest BCUT2D eigenvalue weighted by Gasteiger charge is -2.58. The molecular weight excluding hydrogens is 468 g/mol. The van der Waals surface area contributed by atoms with Crippen LogP contribution in [0.5, 0.6) is 0 Å². The van der Waals surface area contributed by atoms with E-state index in [1.165, 1.54) is 6.92 Å². The van der Waals surface area contributed by atoms with Gasteiger partial charge in [0.05, 0.1) is 12.0 Å². The Kier molecular flexibility index (Phi) is 9.06. The Hall–Kier alpha value is -1.36. The molecule has 0 radical (unpaired) electrons. The molecule has 0 amide bonds. The number of ketones is 1. The first-order chi connectivity index (χ1) is 17.0. The molecule has 9 nitrogen and oxygen atoms in total. The van der Waals surface area contributed by atoms with Gasteiger partial charge < -0.3 is 39.1 Å². The molecule has 0 heterocycles. The Bertz CT molecular complexity index is 843. The minimum Gasteiger partial charge on any atom is -0.504 e. The summed E-state index contributed by atoms with van der Waals surface area (Å²) in [6.07, 6.45) is 3.89. The van der Waals surface area contributed by atoms with E-state index in [0.717, 1.165) is 25.7 Å². The summed E-state index contributed by atoms with van der Waals surface area (Å²) in [6.45, 7) is 9.73. The van der Waals surface area contributed by atoms with Crippen molar-refractivity contribution in [2.75, 3.05) is 26.8 Å². The number of aliphatic hydroxyl groups is 3. The molecule has 36 heavy (non-hydrogen) atoms. The van der Waals surface area contributed by atoms with Crippen molar-refractivity contribution in [1.29, 1.82) is 0 Å². The van der Waals surface area contributed by atoms with Crippen molar-refractivity contribution in [3.8, 4) is 0 Å². The van der Waals surface area contributed by atoms with Crippen molar-refractivity contribution in [2.45, 2.75) is 102 Å². The van der Waals surface area contributed by atoms with Crippen LogP contribution < -0.4 is 0 Å². The molecular formula is C27H44O9. The maximum Gasteiger partial charge on any atom is 0.204 e. The van der Waals surface area contributed by atoms with E-state index in [2.05, 4.69) is 0 Å². The first-order valence-corrected chi connectivity index (χ1v) is 13.3. The molecule has 0 aromatic carbocycles. The number of aliphatic hydroxyl groups excluding tert-OH is 1. The minimum atomic E-state index is -2.21. The summed E-state index contributed by atoms with van der Waals surface area (Å²) in [7, 11) is 0. The second-order valence-electron chi connectivity index (χ2n) is 10.9. The zero-order chi connectivity index (χ0) is 26.8. The summed E-state index contributed by atoms with van der Waals surface area (Å²) >= 11 is 0. The van der Waals surface area contributed by atoms with E-state index in [-0.39, 0.29) is 37.9 Å². The Morgan fingerprint density at radius 3 is 2.28 bits per heavy atom. The lowest BCUT2D eigenvalue weighted by Crippen LogP contribution is -2.75. The molecule has 0 aliphatic heterocycles. The largest absolute Gasteiger partial charge is 0.504 e. The maximum absolute atomic E-state index is 13.4. The molecule has 0 aromatic rings. The molecule has 0 saturated heterocycles. The monoisotopic (exact) mass is 512 g/mol. The van der Waals surface area contributed by atoms with Gasteiger partial charge in [0.25, 0.3) is 0 Å². The molecule has 0 spiro atoms. The van der Waals surface area contributed by atoms with Gasteiger partial charge in [-0.3, -0.25) is 4.79 Å². The molecule has 0 bridgehead atoms. The van der Waals surface area contributed by atoms with Gasteiger partial charge in [0.15, 0.2) is 11.4 Å². The first-order valence-electron chi connectivity index (χ1n) is 13.3. The number of fused-ring (bicyclic) bond motifs is 3. The zero-order valence-corrected chi connectivity index (χ0v) is 22.4. The van der Waals surface area contributed by atoms with Crippen LogP contribution in [0.25, 0.3) is 0 Å². The van der Waals surface area contributed by atoms with Gasteiger partial charge >= 0.3 is 0 Å². The highest BCUT2D eigenvalue weighted by atomic mass is 16.7. The number of unbranched alkanes of at least 4 members (excludes halogenated alkanes) is 2. The molecule has 3 N–H and O–H groups in total. The van der Waals surface area contributed by atoms with E-state index >= 15 is 0 Å². The fourth-order valence-electron chi connectivity index (χ4n) is 7.02. The number of allylic oxidation sites excluding steroid dienone is 1. The minimum absolute atomic E-state index is 0.0379. The fraction of sp³-hybridized carbons (Fsp3) is 0.852. The van der Waals surface area contributed by atoms with E-state index in [1.54, 1.807) is 6.92 Å². The molecule has 3 aliphatic rings. The van der Waals surface area contributed by atoms with Crippen molar-refractivity contribution < 1.29 is 43.9 Å². The van der Waals surface area contributed by atoms with Gasteiger partial charge in [-0.2, -0.15) is 0 Å². The van der Waals surface area contributed by atoms with E-state index in [0.29, 0.717) is 25.9 Å². The van der Waals surface area contributed by atoms with Crippen LogP contribution in [0.4, 0.5) is 0 Å². The molecule has 7 atom stereocenters. The lowest BCUT2D eigenvalue weighted by atomic mass is 9.57. The van der Waals surface area contributed by atoms with Gasteiger partial charge in [0.1, 0.15) is 31.1 Å². The molecule has 3 aliphatic carbocycles. The third-order valence-electron chi connectivity index (χ3n) is 8.99. The van der Waals surface area contributed by atoms with Gasteiger partial charge in [-0.05, 0) is 38.5 Å². The van der Waals surface area contributed by atoms with Crippen LogP contribution >= 0.6 is 0 Å². The number of hydrogen-bond acceptors (Lipinski definition) is 9. The maximum atomic E-state index is 13.4. The molecule has 9 heteroatoms. The predicted molar refractivity (Wildman–Crippen MR) is 131 cm³/mol. The van der Waals surface area contributed by atoms with Crippen LogP contribution in [0.1, 0.15) is 79.6 Å². The van der Waals surface area contributed by atoms with Crippen LogP contribution in [0.3, 0.4) is 0 Å².